The zero-order chi connectivity index (χ0) is 17.3. The number of aryl methyl sites for hydroxylation is 1. The van der Waals surface area contributed by atoms with Crippen molar-refractivity contribution in [1.82, 2.24) is 9.88 Å². The van der Waals surface area contributed by atoms with Gasteiger partial charge in [0, 0.05) is 22.8 Å². The number of benzene rings is 1. The van der Waals surface area contributed by atoms with Crippen molar-refractivity contribution >= 4 is 29.3 Å². The van der Waals surface area contributed by atoms with E-state index in [1.165, 1.54) is 7.11 Å². The van der Waals surface area contributed by atoms with E-state index in [1.54, 1.807) is 6.34 Å². The van der Waals surface area contributed by atoms with Gasteiger partial charge in [-0.2, -0.15) is 5.26 Å². The van der Waals surface area contributed by atoms with Gasteiger partial charge in [0.15, 0.2) is 0 Å². The van der Waals surface area contributed by atoms with E-state index in [0.29, 0.717) is 22.8 Å². The molecule has 24 heavy (non-hydrogen) atoms. The van der Waals surface area contributed by atoms with E-state index in [2.05, 4.69) is 22.6 Å². The van der Waals surface area contributed by atoms with Crippen LogP contribution in [0.25, 0.3) is 5.70 Å². The summed E-state index contributed by atoms with van der Waals surface area (Å²) in [4.78, 5) is 10.7. The number of hydrogen-bond acceptors (Lipinski definition) is 5. The Morgan fingerprint density at radius 3 is 2.67 bits per heavy atom. The number of aromatic nitrogens is 1. The van der Waals surface area contributed by atoms with Gasteiger partial charge in [-0.1, -0.05) is 30.3 Å². The third kappa shape index (κ3) is 2.72. The lowest BCUT2D eigenvalue weighted by atomic mass is 10.0. The van der Waals surface area contributed by atoms with Crippen molar-refractivity contribution in [2.24, 2.45) is 4.99 Å². The van der Waals surface area contributed by atoms with Gasteiger partial charge in [0.1, 0.15) is 11.6 Å². The van der Waals surface area contributed by atoms with Crippen molar-refractivity contribution in [3.63, 3.8) is 0 Å². The molecule has 1 aliphatic heterocycles. The van der Waals surface area contributed by atoms with Gasteiger partial charge < -0.3 is 9.64 Å². The number of fused-ring (bicyclic) bond motifs is 1. The first-order valence-corrected chi connectivity index (χ1v) is 7.66. The van der Waals surface area contributed by atoms with Crippen LogP contribution in [0.3, 0.4) is 0 Å². The second kappa shape index (κ2) is 6.34. The third-order valence-electron chi connectivity index (χ3n) is 3.85. The molecule has 0 atom stereocenters. The summed E-state index contributed by atoms with van der Waals surface area (Å²) in [5.74, 6) is 0.282. The number of halogens is 1. The fourth-order valence-corrected chi connectivity index (χ4v) is 2.77. The SMILES string of the molecule is C=C1c2c(C)nc(OC)c(C#N)c2N=CN1Cc1ccc(Cl)cc1. The van der Waals surface area contributed by atoms with Crippen LogP contribution in [-0.4, -0.2) is 23.3 Å². The smallest absolute Gasteiger partial charge is 0.233 e. The third-order valence-corrected chi connectivity index (χ3v) is 4.10. The Balaban J connectivity index is 2.00. The number of ether oxygens (including phenoxy) is 1. The van der Waals surface area contributed by atoms with E-state index in [9.17, 15) is 5.26 Å². The highest BCUT2D eigenvalue weighted by Crippen LogP contribution is 2.39. The number of pyridine rings is 1. The highest BCUT2D eigenvalue weighted by atomic mass is 35.5. The average Bonchev–Trinajstić information content (AvgIpc) is 2.58. The van der Waals surface area contributed by atoms with Crippen molar-refractivity contribution in [3.05, 3.63) is 58.3 Å². The maximum atomic E-state index is 9.41. The number of nitrogens with zero attached hydrogens (tertiary/aromatic N) is 4. The molecule has 0 fully saturated rings. The molecule has 0 N–H and O–H groups in total. The van der Waals surface area contributed by atoms with E-state index >= 15 is 0 Å². The van der Waals surface area contributed by atoms with Crippen molar-refractivity contribution in [3.8, 4) is 11.9 Å². The molecule has 0 amide bonds. The predicted molar refractivity (Wildman–Crippen MR) is 94.4 cm³/mol. The van der Waals surface area contributed by atoms with Crippen LogP contribution >= 0.6 is 11.6 Å². The van der Waals surface area contributed by atoms with Gasteiger partial charge >= 0.3 is 0 Å². The van der Waals surface area contributed by atoms with Gasteiger partial charge in [-0.25, -0.2) is 9.98 Å². The van der Waals surface area contributed by atoms with Crippen LogP contribution in [0.1, 0.15) is 22.4 Å². The summed E-state index contributed by atoms with van der Waals surface area (Å²) >= 11 is 5.92. The average molecular weight is 339 g/mol. The molecule has 0 saturated heterocycles. The molecule has 1 aromatic heterocycles. The summed E-state index contributed by atoms with van der Waals surface area (Å²) in [6, 6.07) is 9.73. The van der Waals surface area contributed by atoms with E-state index in [0.717, 1.165) is 22.5 Å². The molecule has 0 bridgehead atoms. The van der Waals surface area contributed by atoms with Crippen LogP contribution in [0.2, 0.25) is 5.02 Å². The van der Waals surface area contributed by atoms with Crippen molar-refractivity contribution in [2.75, 3.05) is 7.11 Å². The lowest BCUT2D eigenvalue weighted by Gasteiger charge is -2.28. The summed E-state index contributed by atoms with van der Waals surface area (Å²) in [7, 11) is 1.49. The van der Waals surface area contributed by atoms with Crippen LogP contribution in [0, 0.1) is 18.3 Å². The molecular formula is C18H15ClN4O. The molecule has 6 heteroatoms. The quantitative estimate of drug-likeness (QED) is 0.846. The second-order valence-electron chi connectivity index (χ2n) is 5.36. The van der Waals surface area contributed by atoms with Crippen LogP contribution in [-0.2, 0) is 6.54 Å². The summed E-state index contributed by atoms with van der Waals surface area (Å²) in [5.41, 5.74) is 4.20. The first-order valence-electron chi connectivity index (χ1n) is 7.28. The Hall–Kier alpha value is -2.84. The summed E-state index contributed by atoms with van der Waals surface area (Å²) in [5, 5.41) is 10.1. The topological polar surface area (TPSA) is 61.5 Å². The first-order chi connectivity index (χ1) is 11.5. The highest BCUT2D eigenvalue weighted by Gasteiger charge is 2.25. The molecule has 0 radical (unpaired) electrons. The zero-order valence-electron chi connectivity index (χ0n) is 13.4. The number of rotatable bonds is 3. The lowest BCUT2D eigenvalue weighted by Crippen LogP contribution is -2.23. The zero-order valence-corrected chi connectivity index (χ0v) is 14.1. The van der Waals surface area contributed by atoms with Gasteiger partial charge in [-0.05, 0) is 24.6 Å². The molecule has 3 rings (SSSR count). The molecule has 0 aliphatic carbocycles. The maximum absolute atomic E-state index is 9.41. The molecule has 0 saturated carbocycles. The van der Waals surface area contributed by atoms with E-state index in [1.807, 2.05) is 36.1 Å². The summed E-state index contributed by atoms with van der Waals surface area (Å²) < 4.78 is 5.19. The standard InChI is InChI=1S/C18H15ClN4O/c1-11-16-12(2)23(9-13-4-6-14(19)7-5-13)10-21-17(16)15(8-20)18(22-11)24-3/h4-7,10H,2,9H2,1,3H3. The fourth-order valence-electron chi connectivity index (χ4n) is 2.65. The monoisotopic (exact) mass is 338 g/mol. The number of aliphatic imine (C=N–C) groups is 1. The Bertz CT molecular complexity index is 881. The Labute approximate surface area is 145 Å². The molecule has 120 valence electrons. The van der Waals surface area contributed by atoms with Gasteiger partial charge in [-0.15, -0.1) is 0 Å². The predicted octanol–water partition coefficient (Wildman–Crippen LogP) is 4.07. The Morgan fingerprint density at radius 1 is 1.33 bits per heavy atom. The maximum Gasteiger partial charge on any atom is 0.233 e. The van der Waals surface area contributed by atoms with Crippen molar-refractivity contribution in [1.29, 1.82) is 5.26 Å². The molecule has 2 aromatic rings. The lowest BCUT2D eigenvalue weighted by molar-refractivity contribution is 0.395. The molecular weight excluding hydrogens is 324 g/mol. The van der Waals surface area contributed by atoms with Gasteiger partial charge in [0.25, 0.3) is 0 Å². The van der Waals surface area contributed by atoms with Crippen LogP contribution in [0.15, 0.2) is 35.8 Å². The Kier molecular flexibility index (Phi) is 4.24. The largest absolute Gasteiger partial charge is 0.480 e. The number of methoxy groups -OCH3 is 1. The minimum atomic E-state index is 0.282. The summed E-state index contributed by atoms with van der Waals surface area (Å²) in [6.45, 7) is 6.62. The van der Waals surface area contributed by atoms with Gasteiger partial charge in [0.2, 0.25) is 5.88 Å². The number of hydrogen-bond donors (Lipinski definition) is 0. The first kappa shape index (κ1) is 16.0. The molecule has 0 spiro atoms. The summed E-state index contributed by atoms with van der Waals surface area (Å²) in [6.07, 6.45) is 1.68. The van der Waals surface area contributed by atoms with Crippen LogP contribution in [0.5, 0.6) is 5.88 Å². The number of nitriles is 1. The van der Waals surface area contributed by atoms with Crippen molar-refractivity contribution in [2.45, 2.75) is 13.5 Å². The minimum Gasteiger partial charge on any atom is -0.480 e. The van der Waals surface area contributed by atoms with Crippen LogP contribution in [0.4, 0.5) is 5.69 Å². The fraction of sp³-hybridized carbons (Fsp3) is 0.167. The van der Waals surface area contributed by atoms with Crippen molar-refractivity contribution < 1.29 is 4.74 Å². The van der Waals surface area contributed by atoms with E-state index in [-0.39, 0.29) is 5.88 Å². The molecule has 2 heterocycles. The Morgan fingerprint density at radius 2 is 2.04 bits per heavy atom. The highest BCUT2D eigenvalue weighted by molar-refractivity contribution is 6.30. The van der Waals surface area contributed by atoms with Gasteiger partial charge in [-0.3, -0.25) is 0 Å². The molecule has 0 unspecified atom stereocenters. The normalized spacial score (nSPS) is 12.8. The molecule has 1 aliphatic rings. The van der Waals surface area contributed by atoms with E-state index in [4.69, 9.17) is 16.3 Å². The van der Waals surface area contributed by atoms with E-state index < -0.39 is 0 Å². The second-order valence-corrected chi connectivity index (χ2v) is 5.80. The molecule has 5 nitrogen and oxygen atoms in total. The molecule has 1 aromatic carbocycles. The van der Waals surface area contributed by atoms with Crippen LogP contribution < -0.4 is 4.74 Å². The minimum absolute atomic E-state index is 0.282. The van der Waals surface area contributed by atoms with Gasteiger partial charge in [0.05, 0.1) is 24.8 Å².